The van der Waals surface area contributed by atoms with Crippen LogP contribution in [0, 0.1) is 0 Å². The lowest BCUT2D eigenvalue weighted by molar-refractivity contribution is -0.117. The third-order valence-electron chi connectivity index (χ3n) is 2.62. The van der Waals surface area contributed by atoms with E-state index in [0.717, 1.165) is 12.8 Å². The Labute approximate surface area is 106 Å². The summed E-state index contributed by atoms with van der Waals surface area (Å²) in [6.45, 7) is 2.02. The molecule has 1 rings (SSSR count). The second kappa shape index (κ2) is 6.76. The molecule has 5 nitrogen and oxygen atoms in total. The third-order valence-corrected chi connectivity index (χ3v) is 2.62. The number of hydrogen-bond acceptors (Lipinski definition) is 3. The van der Waals surface area contributed by atoms with Gasteiger partial charge in [0.05, 0.1) is 17.3 Å². The Hall–Kier alpha value is -1.88. The fraction of sp³-hybridized carbons (Fsp3) is 0.385. The van der Waals surface area contributed by atoms with Gasteiger partial charge in [0.25, 0.3) is 0 Å². The molecule has 0 aliphatic heterocycles. The average molecular weight is 250 g/mol. The van der Waals surface area contributed by atoms with Crippen LogP contribution < -0.4 is 11.1 Å². The monoisotopic (exact) mass is 250 g/mol. The number of amides is 1. The molecule has 0 radical (unpaired) electrons. The summed E-state index contributed by atoms with van der Waals surface area (Å²) >= 11 is 0. The van der Waals surface area contributed by atoms with Gasteiger partial charge in [-0.3, -0.25) is 4.79 Å². The molecule has 4 N–H and O–H groups in total. The molecule has 0 aromatic heterocycles. The minimum atomic E-state index is -1.08. The Kier molecular flexibility index (Phi) is 5.32. The number of nitrogens with two attached hydrogens (primary N) is 1. The second-order valence-electron chi connectivity index (χ2n) is 4.09. The van der Waals surface area contributed by atoms with Crippen LogP contribution in [0.25, 0.3) is 0 Å². The lowest BCUT2D eigenvalue weighted by Crippen LogP contribution is -2.35. The number of carboxylic acids is 1. The first-order chi connectivity index (χ1) is 8.56. The molecule has 1 aromatic rings. The van der Waals surface area contributed by atoms with Crippen LogP contribution >= 0.6 is 0 Å². The number of carboxylic acid groups (broad SMARTS) is 1. The van der Waals surface area contributed by atoms with Crippen LogP contribution in [0.4, 0.5) is 5.69 Å². The lowest BCUT2D eigenvalue weighted by atomic mass is 10.1. The van der Waals surface area contributed by atoms with Gasteiger partial charge in [-0.1, -0.05) is 31.9 Å². The molecule has 0 saturated carbocycles. The van der Waals surface area contributed by atoms with Crippen molar-refractivity contribution >= 4 is 17.6 Å². The van der Waals surface area contributed by atoms with Crippen LogP contribution in [0.2, 0.25) is 0 Å². The topological polar surface area (TPSA) is 92.4 Å². The maximum absolute atomic E-state index is 11.8. The molecule has 0 bridgehead atoms. The van der Waals surface area contributed by atoms with Gasteiger partial charge in [0.1, 0.15) is 0 Å². The molecule has 5 heteroatoms. The number of rotatable bonds is 6. The molecular weight excluding hydrogens is 232 g/mol. The molecular formula is C13H18N2O3. The summed E-state index contributed by atoms with van der Waals surface area (Å²) in [6.07, 6.45) is 2.43. The highest BCUT2D eigenvalue weighted by Crippen LogP contribution is 2.15. The van der Waals surface area contributed by atoms with Crippen molar-refractivity contribution < 1.29 is 14.7 Å². The first kappa shape index (κ1) is 14.2. The van der Waals surface area contributed by atoms with Gasteiger partial charge in [0.15, 0.2) is 0 Å². The van der Waals surface area contributed by atoms with Gasteiger partial charge < -0.3 is 16.2 Å². The molecule has 1 atom stereocenters. The van der Waals surface area contributed by atoms with E-state index in [1.807, 2.05) is 6.92 Å². The molecule has 0 unspecified atom stereocenters. The van der Waals surface area contributed by atoms with E-state index in [0.29, 0.717) is 6.42 Å². The Morgan fingerprint density at radius 2 is 2.06 bits per heavy atom. The summed E-state index contributed by atoms with van der Waals surface area (Å²) in [5, 5.41) is 11.5. The molecule has 0 fully saturated rings. The minimum Gasteiger partial charge on any atom is -0.478 e. The predicted octanol–water partition coefficient (Wildman–Crippen LogP) is 1.84. The van der Waals surface area contributed by atoms with E-state index in [4.69, 9.17) is 10.8 Å². The van der Waals surface area contributed by atoms with Gasteiger partial charge in [-0.25, -0.2) is 4.79 Å². The fourth-order valence-electron chi connectivity index (χ4n) is 1.56. The molecule has 0 saturated heterocycles. The normalized spacial score (nSPS) is 11.9. The highest BCUT2D eigenvalue weighted by Gasteiger charge is 2.16. The molecule has 1 amide bonds. The largest absolute Gasteiger partial charge is 0.478 e. The van der Waals surface area contributed by atoms with Crippen LogP contribution in [-0.4, -0.2) is 23.0 Å². The Bertz CT molecular complexity index is 432. The Morgan fingerprint density at radius 3 is 2.67 bits per heavy atom. The van der Waals surface area contributed by atoms with Crippen molar-refractivity contribution in [2.24, 2.45) is 5.73 Å². The van der Waals surface area contributed by atoms with E-state index in [9.17, 15) is 9.59 Å². The van der Waals surface area contributed by atoms with E-state index in [1.165, 1.54) is 6.07 Å². The summed E-state index contributed by atoms with van der Waals surface area (Å²) in [5.74, 6) is -1.43. The van der Waals surface area contributed by atoms with Crippen molar-refractivity contribution in [1.82, 2.24) is 0 Å². The molecule has 98 valence electrons. The van der Waals surface area contributed by atoms with E-state index >= 15 is 0 Å². The van der Waals surface area contributed by atoms with Crippen molar-refractivity contribution in [3.8, 4) is 0 Å². The fourth-order valence-corrected chi connectivity index (χ4v) is 1.56. The first-order valence-electron chi connectivity index (χ1n) is 5.95. The van der Waals surface area contributed by atoms with Gasteiger partial charge in [0, 0.05) is 0 Å². The molecule has 0 aliphatic rings. The maximum Gasteiger partial charge on any atom is 0.337 e. The summed E-state index contributed by atoms with van der Waals surface area (Å²) in [7, 11) is 0. The SMILES string of the molecule is CCCC[C@H](N)C(=O)Nc1ccccc1C(=O)O. The maximum atomic E-state index is 11.8. The van der Waals surface area contributed by atoms with Crippen LogP contribution in [0.15, 0.2) is 24.3 Å². The molecule has 1 aromatic carbocycles. The van der Waals surface area contributed by atoms with Crippen molar-refractivity contribution in [2.75, 3.05) is 5.32 Å². The Morgan fingerprint density at radius 1 is 1.39 bits per heavy atom. The van der Waals surface area contributed by atoms with Crippen LogP contribution in [0.1, 0.15) is 36.5 Å². The summed E-state index contributed by atoms with van der Waals surface area (Å²) < 4.78 is 0. The second-order valence-corrected chi connectivity index (χ2v) is 4.09. The van der Waals surface area contributed by atoms with Crippen molar-refractivity contribution in [1.29, 1.82) is 0 Å². The van der Waals surface area contributed by atoms with Gasteiger partial charge in [-0.15, -0.1) is 0 Å². The van der Waals surface area contributed by atoms with Crippen LogP contribution in [0.3, 0.4) is 0 Å². The van der Waals surface area contributed by atoms with Crippen LogP contribution in [0.5, 0.6) is 0 Å². The highest BCUT2D eigenvalue weighted by atomic mass is 16.4. The smallest absolute Gasteiger partial charge is 0.337 e. The van der Waals surface area contributed by atoms with Crippen molar-refractivity contribution in [2.45, 2.75) is 32.2 Å². The van der Waals surface area contributed by atoms with E-state index in [-0.39, 0.29) is 17.2 Å². The average Bonchev–Trinajstić information content (AvgIpc) is 2.36. The van der Waals surface area contributed by atoms with E-state index in [2.05, 4.69) is 5.32 Å². The minimum absolute atomic E-state index is 0.0635. The first-order valence-corrected chi connectivity index (χ1v) is 5.95. The number of carbonyl (C=O) groups is 2. The summed E-state index contributed by atoms with van der Waals surface area (Å²) in [6, 6.07) is 5.66. The van der Waals surface area contributed by atoms with Gasteiger partial charge >= 0.3 is 5.97 Å². The number of nitrogens with one attached hydrogen (secondary N) is 1. The number of para-hydroxylation sites is 1. The quantitative estimate of drug-likeness (QED) is 0.718. The highest BCUT2D eigenvalue weighted by molar-refractivity contribution is 6.02. The number of anilines is 1. The zero-order valence-electron chi connectivity index (χ0n) is 10.3. The number of unbranched alkanes of at least 4 members (excludes halogenated alkanes) is 1. The van der Waals surface area contributed by atoms with E-state index < -0.39 is 12.0 Å². The number of benzene rings is 1. The predicted molar refractivity (Wildman–Crippen MR) is 69.5 cm³/mol. The summed E-state index contributed by atoms with van der Waals surface area (Å²) in [4.78, 5) is 22.7. The number of hydrogen-bond donors (Lipinski definition) is 3. The zero-order chi connectivity index (χ0) is 13.5. The van der Waals surface area contributed by atoms with Crippen LogP contribution in [-0.2, 0) is 4.79 Å². The molecule has 0 aliphatic carbocycles. The Balaban J connectivity index is 2.72. The van der Waals surface area contributed by atoms with E-state index in [1.54, 1.807) is 18.2 Å². The van der Waals surface area contributed by atoms with Gasteiger partial charge in [0.2, 0.25) is 5.91 Å². The van der Waals surface area contributed by atoms with Gasteiger partial charge in [-0.2, -0.15) is 0 Å². The van der Waals surface area contributed by atoms with Crippen molar-refractivity contribution in [3.05, 3.63) is 29.8 Å². The molecule has 0 spiro atoms. The number of carbonyl (C=O) groups excluding carboxylic acids is 1. The lowest BCUT2D eigenvalue weighted by Gasteiger charge is -2.13. The molecule has 18 heavy (non-hydrogen) atoms. The summed E-state index contributed by atoms with van der Waals surface area (Å²) in [5.41, 5.74) is 6.06. The standard InChI is InChI=1S/C13H18N2O3/c1-2-3-7-10(14)12(16)15-11-8-5-4-6-9(11)13(17)18/h4-6,8,10H,2-3,7,14H2,1H3,(H,15,16)(H,17,18)/t10-/m0/s1. The molecule has 0 heterocycles. The van der Waals surface area contributed by atoms with Crippen molar-refractivity contribution in [3.63, 3.8) is 0 Å². The van der Waals surface area contributed by atoms with Gasteiger partial charge in [-0.05, 0) is 18.6 Å². The third kappa shape index (κ3) is 3.85. The zero-order valence-corrected chi connectivity index (χ0v) is 10.3. The number of aromatic carboxylic acids is 1.